The first-order chi connectivity index (χ1) is 7.20. The maximum absolute atomic E-state index is 5.47. The smallest absolute Gasteiger partial charge is 0.248 e. The number of hydrogen-bond donors (Lipinski definition) is 0. The van der Waals surface area contributed by atoms with E-state index in [-0.39, 0.29) is 0 Å². The van der Waals surface area contributed by atoms with Gasteiger partial charge in [-0.2, -0.15) is 0 Å². The highest BCUT2D eigenvalue weighted by Crippen LogP contribution is 2.29. The van der Waals surface area contributed by atoms with Crippen molar-refractivity contribution in [3.05, 3.63) is 33.0 Å². The fraction of sp³-hybridized carbons (Fsp3) is 0.200. The average Bonchev–Trinajstić information content (AvgIpc) is 2.66. The van der Waals surface area contributed by atoms with Gasteiger partial charge in [-0.3, -0.25) is 0 Å². The van der Waals surface area contributed by atoms with Crippen LogP contribution < -0.4 is 0 Å². The number of aryl methyl sites for hydroxylation is 1. The van der Waals surface area contributed by atoms with Crippen LogP contribution in [-0.4, -0.2) is 10.2 Å². The van der Waals surface area contributed by atoms with Crippen molar-refractivity contribution < 1.29 is 4.42 Å². The van der Waals surface area contributed by atoms with Gasteiger partial charge in [0.05, 0.1) is 5.56 Å². The Morgan fingerprint density at radius 2 is 2.07 bits per heavy atom. The van der Waals surface area contributed by atoms with Crippen LogP contribution >= 0.6 is 31.9 Å². The Labute approximate surface area is 104 Å². The second kappa shape index (κ2) is 4.45. The summed E-state index contributed by atoms with van der Waals surface area (Å²) in [5, 5.41) is 7.91. The lowest BCUT2D eigenvalue weighted by atomic mass is 10.2. The summed E-state index contributed by atoms with van der Waals surface area (Å²) < 4.78 is 7.41. The Balaban J connectivity index is 2.44. The van der Waals surface area contributed by atoms with E-state index < -0.39 is 0 Å². The Hall–Kier alpha value is -0.680. The third kappa shape index (κ3) is 2.29. The normalized spacial score (nSPS) is 10.6. The molecule has 0 spiro atoms. The molecule has 0 aliphatic carbocycles. The molecule has 1 heterocycles. The van der Waals surface area contributed by atoms with Gasteiger partial charge < -0.3 is 4.42 Å². The molecule has 5 heteroatoms. The molecule has 2 rings (SSSR count). The van der Waals surface area contributed by atoms with E-state index in [1.807, 2.05) is 25.1 Å². The van der Waals surface area contributed by atoms with Gasteiger partial charge in [-0.1, -0.05) is 22.9 Å². The van der Waals surface area contributed by atoms with Crippen molar-refractivity contribution in [2.24, 2.45) is 0 Å². The van der Waals surface area contributed by atoms with Crippen LogP contribution in [0.1, 0.15) is 12.8 Å². The summed E-state index contributed by atoms with van der Waals surface area (Å²) in [5.74, 6) is 1.20. The molecule has 2 aromatic rings. The molecule has 0 fully saturated rings. The molecule has 0 unspecified atom stereocenters. The second-order valence-corrected chi connectivity index (χ2v) is 4.75. The zero-order valence-electron chi connectivity index (χ0n) is 8.00. The molecule has 78 valence electrons. The van der Waals surface area contributed by atoms with Gasteiger partial charge in [-0.15, -0.1) is 10.2 Å². The molecular formula is C10H8Br2N2O. The number of aromatic nitrogens is 2. The third-order valence-electron chi connectivity index (χ3n) is 1.93. The number of benzene rings is 1. The minimum Gasteiger partial charge on any atom is -0.421 e. The molecule has 0 saturated heterocycles. The fourth-order valence-corrected chi connectivity index (χ4v) is 2.38. The van der Waals surface area contributed by atoms with E-state index in [1.165, 1.54) is 0 Å². The second-order valence-electron chi connectivity index (χ2n) is 2.98. The Morgan fingerprint density at radius 1 is 1.27 bits per heavy atom. The topological polar surface area (TPSA) is 38.9 Å². The van der Waals surface area contributed by atoms with Crippen molar-refractivity contribution in [1.29, 1.82) is 0 Å². The van der Waals surface area contributed by atoms with Gasteiger partial charge in [0.1, 0.15) is 0 Å². The number of hydrogen-bond acceptors (Lipinski definition) is 3. The van der Waals surface area contributed by atoms with E-state index in [0.717, 1.165) is 20.9 Å². The molecule has 3 nitrogen and oxygen atoms in total. The Kier molecular flexibility index (Phi) is 3.21. The maximum Gasteiger partial charge on any atom is 0.248 e. The van der Waals surface area contributed by atoms with Crippen molar-refractivity contribution >= 4 is 31.9 Å². The summed E-state index contributed by atoms with van der Waals surface area (Å²) >= 11 is 6.85. The maximum atomic E-state index is 5.47. The van der Waals surface area contributed by atoms with Crippen LogP contribution in [0, 0.1) is 0 Å². The Bertz CT molecular complexity index is 482. The minimum absolute atomic E-state index is 0.547. The third-order valence-corrected chi connectivity index (χ3v) is 3.08. The van der Waals surface area contributed by atoms with Crippen LogP contribution in [-0.2, 0) is 6.42 Å². The summed E-state index contributed by atoms with van der Waals surface area (Å²) in [6, 6.07) is 5.82. The zero-order chi connectivity index (χ0) is 10.8. The zero-order valence-corrected chi connectivity index (χ0v) is 11.2. The predicted octanol–water partition coefficient (Wildman–Crippen LogP) is 3.82. The van der Waals surface area contributed by atoms with E-state index in [0.29, 0.717) is 11.8 Å². The van der Waals surface area contributed by atoms with Gasteiger partial charge in [0, 0.05) is 15.4 Å². The molecular weight excluding hydrogens is 324 g/mol. The molecule has 1 aromatic carbocycles. The van der Waals surface area contributed by atoms with Gasteiger partial charge in [0.25, 0.3) is 0 Å². The van der Waals surface area contributed by atoms with E-state index >= 15 is 0 Å². The molecule has 1 aromatic heterocycles. The standard InChI is InChI=1S/C10H8Br2N2O/c1-2-9-13-14-10(15-9)7-4-3-6(11)5-8(7)12/h3-5H,2H2,1H3. The first-order valence-electron chi connectivity index (χ1n) is 4.48. The van der Waals surface area contributed by atoms with Crippen molar-refractivity contribution in [3.63, 3.8) is 0 Å². The van der Waals surface area contributed by atoms with Crippen molar-refractivity contribution in [3.8, 4) is 11.5 Å². The van der Waals surface area contributed by atoms with Crippen molar-refractivity contribution in [1.82, 2.24) is 10.2 Å². The van der Waals surface area contributed by atoms with Crippen LogP contribution in [0.4, 0.5) is 0 Å². The summed E-state index contributed by atoms with van der Waals surface area (Å²) in [5.41, 5.74) is 0.908. The molecule has 0 amide bonds. The van der Waals surface area contributed by atoms with E-state index in [1.54, 1.807) is 0 Å². The monoisotopic (exact) mass is 330 g/mol. The van der Waals surface area contributed by atoms with Crippen molar-refractivity contribution in [2.75, 3.05) is 0 Å². The lowest BCUT2D eigenvalue weighted by Gasteiger charge is -1.99. The highest BCUT2D eigenvalue weighted by atomic mass is 79.9. The summed E-state index contributed by atoms with van der Waals surface area (Å²) in [7, 11) is 0. The molecule has 0 atom stereocenters. The minimum atomic E-state index is 0.547. The van der Waals surface area contributed by atoms with Crippen LogP contribution in [0.2, 0.25) is 0 Å². The molecule has 0 aliphatic rings. The molecule has 0 aliphatic heterocycles. The van der Waals surface area contributed by atoms with Crippen LogP contribution in [0.5, 0.6) is 0 Å². The highest BCUT2D eigenvalue weighted by molar-refractivity contribution is 9.11. The summed E-state index contributed by atoms with van der Waals surface area (Å²) in [4.78, 5) is 0. The molecule has 0 radical (unpaired) electrons. The quantitative estimate of drug-likeness (QED) is 0.839. The lowest BCUT2D eigenvalue weighted by molar-refractivity contribution is 0.512. The summed E-state index contributed by atoms with van der Waals surface area (Å²) in [6.45, 7) is 1.98. The van der Waals surface area contributed by atoms with E-state index in [4.69, 9.17) is 4.42 Å². The lowest BCUT2D eigenvalue weighted by Crippen LogP contribution is -1.80. The van der Waals surface area contributed by atoms with Crippen LogP contribution in [0.15, 0.2) is 31.6 Å². The van der Waals surface area contributed by atoms with E-state index in [2.05, 4.69) is 42.1 Å². The van der Waals surface area contributed by atoms with Gasteiger partial charge in [-0.25, -0.2) is 0 Å². The number of rotatable bonds is 2. The van der Waals surface area contributed by atoms with Gasteiger partial charge in [-0.05, 0) is 34.1 Å². The molecule has 15 heavy (non-hydrogen) atoms. The van der Waals surface area contributed by atoms with Gasteiger partial charge >= 0.3 is 0 Å². The van der Waals surface area contributed by atoms with Crippen LogP contribution in [0.25, 0.3) is 11.5 Å². The summed E-state index contributed by atoms with van der Waals surface area (Å²) in [6.07, 6.45) is 0.751. The first-order valence-corrected chi connectivity index (χ1v) is 6.07. The fourth-order valence-electron chi connectivity index (χ4n) is 1.17. The van der Waals surface area contributed by atoms with Crippen LogP contribution in [0.3, 0.4) is 0 Å². The SMILES string of the molecule is CCc1nnc(-c2ccc(Br)cc2Br)o1. The first kappa shape index (κ1) is 10.8. The largest absolute Gasteiger partial charge is 0.421 e. The van der Waals surface area contributed by atoms with E-state index in [9.17, 15) is 0 Å². The number of halogens is 2. The predicted molar refractivity (Wildman–Crippen MR) is 64.5 cm³/mol. The average molecular weight is 332 g/mol. The molecule has 0 bridgehead atoms. The van der Waals surface area contributed by atoms with Crippen molar-refractivity contribution in [2.45, 2.75) is 13.3 Å². The van der Waals surface area contributed by atoms with Gasteiger partial charge in [0.2, 0.25) is 11.8 Å². The molecule has 0 saturated carbocycles. The number of nitrogens with zero attached hydrogens (tertiary/aromatic N) is 2. The Morgan fingerprint density at radius 3 is 2.67 bits per heavy atom. The highest BCUT2D eigenvalue weighted by Gasteiger charge is 2.10. The van der Waals surface area contributed by atoms with Gasteiger partial charge in [0.15, 0.2) is 0 Å². The molecule has 0 N–H and O–H groups in total.